The Labute approximate surface area is 254 Å². The van der Waals surface area contributed by atoms with Gasteiger partial charge >= 0.3 is 23.9 Å². The number of benzene rings is 1. The molecule has 8 nitrogen and oxygen atoms in total. The van der Waals surface area contributed by atoms with Gasteiger partial charge in [0, 0.05) is 12.8 Å². The predicted molar refractivity (Wildman–Crippen MR) is 165 cm³/mol. The fourth-order valence-electron chi connectivity index (χ4n) is 4.08. The topological polar surface area (TPSA) is 105 Å². The SMILES string of the molecule is CCCCCCCCOC(=O)CCCCC(=O)OCCCCCCCC.CCOC(=O)c1ccccc1C(=O)OCC. The number of ether oxygens (including phenoxy) is 4. The summed E-state index contributed by atoms with van der Waals surface area (Å²) >= 11 is 0. The molecule has 0 spiro atoms. The molecule has 0 radical (unpaired) electrons. The van der Waals surface area contributed by atoms with Crippen LogP contribution >= 0.6 is 0 Å². The number of carbonyl (C=O) groups excluding carboxylic acids is 4. The average Bonchev–Trinajstić information content (AvgIpc) is 2.99. The van der Waals surface area contributed by atoms with Gasteiger partial charge in [-0.1, -0.05) is 90.2 Å². The summed E-state index contributed by atoms with van der Waals surface area (Å²) in [6, 6.07) is 6.44. The van der Waals surface area contributed by atoms with E-state index in [9.17, 15) is 19.2 Å². The van der Waals surface area contributed by atoms with Crippen LogP contribution in [0.2, 0.25) is 0 Å². The molecule has 1 aromatic rings. The first-order valence-electron chi connectivity index (χ1n) is 16.2. The molecule has 0 saturated carbocycles. The zero-order valence-corrected chi connectivity index (χ0v) is 26.7. The summed E-state index contributed by atoms with van der Waals surface area (Å²) < 4.78 is 20.1. The third-order valence-electron chi connectivity index (χ3n) is 6.45. The molecule has 0 bridgehead atoms. The van der Waals surface area contributed by atoms with Crippen molar-refractivity contribution in [1.82, 2.24) is 0 Å². The number of unbranched alkanes of at least 4 members (excludes halogenated alkanes) is 11. The number of carbonyl (C=O) groups is 4. The second-order valence-corrected chi connectivity index (χ2v) is 10.2. The van der Waals surface area contributed by atoms with E-state index in [1.54, 1.807) is 38.1 Å². The molecule has 0 aliphatic rings. The predicted octanol–water partition coefficient (Wildman–Crippen LogP) is 8.39. The summed E-state index contributed by atoms with van der Waals surface area (Å²) in [5.74, 6) is -1.30. The Morgan fingerprint density at radius 2 is 0.833 bits per heavy atom. The van der Waals surface area contributed by atoms with Crippen molar-refractivity contribution < 1.29 is 38.1 Å². The molecule has 1 rings (SSSR count). The van der Waals surface area contributed by atoms with E-state index in [2.05, 4.69) is 13.8 Å². The van der Waals surface area contributed by atoms with E-state index >= 15 is 0 Å². The molecule has 0 aromatic heterocycles. The van der Waals surface area contributed by atoms with Crippen LogP contribution in [0.4, 0.5) is 0 Å². The highest BCUT2D eigenvalue weighted by molar-refractivity contribution is 6.03. The fourth-order valence-corrected chi connectivity index (χ4v) is 4.08. The van der Waals surface area contributed by atoms with E-state index in [0.717, 1.165) is 25.7 Å². The molecular formula is C34H56O8. The van der Waals surface area contributed by atoms with Crippen LogP contribution in [0.25, 0.3) is 0 Å². The quantitative estimate of drug-likeness (QED) is 0.0708. The van der Waals surface area contributed by atoms with E-state index in [-0.39, 0.29) is 36.3 Å². The highest BCUT2D eigenvalue weighted by atomic mass is 16.5. The van der Waals surface area contributed by atoms with Crippen molar-refractivity contribution in [2.45, 2.75) is 130 Å². The lowest BCUT2D eigenvalue weighted by Gasteiger charge is -2.07. The average molecular weight is 593 g/mol. The largest absolute Gasteiger partial charge is 0.466 e. The summed E-state index contributed by atoms with van der Waals surface area (Å²) in [4.78, 5) is 46.3. The van der Waals surface area contributed by atoms with Crippen LogP contribution < -0.4 is 0 Å². The minimum atomic E-state index is -0.508. The lowest BCUT2D eigenvalue weighted by Crippen LogP contribution is -2.13. The van der Waals surface area contributed by atoms with Crippen LogP contribution in [0, 0.1) is 0 Å². The van der Waals surface area contributed by atoms with Crippen LogP contribution in [-0.2, 0) is 28.5 Å². The van der Waals surface area contributed by atoms with Crippen molar-refractivity contribution in [3.05, 3.63) is 35.4 Å². The van der Waals surface area contributed by atoms with Crippen molar-refractivity contribution in [2.24, 2.45) is 0 Å². The number of esters is 4. The van der Waals surface area contributed by atoms with Gasteiger partial charge in [0.15, 0.2) is 0 Å². The highest BCUT2D eigenvalue weighted by Crippen LogP contribution is 2.12. The van der Waals surface area contributed by atoms with Gasteiger partial charge in [0.2, 0.25) is 0 Å². The van der Waals surface area contributed by atoms with Gasteiger partial charge in [0.1, 0.15) is 0 Å². The molecule has 0 aliphatic heterocycles. The third kappa shape index (κ3) is 21.8. The Bertz CT molecular complexity index is 783. The molecule has 42 heavy (non-hydrogen) atoms. The Balaban J connectivity index is 0.000000893. The Kier molecular flexibility index (Phi) is 26.3. The van der Waals surface area contributed by atoms with Gasteiger partial charge < -0.3 is 18.9 Å². The molecule has 0 heterocycles. The lowest BCUT2D eigenvalue weighted by atomic mass is 10.1. The summed E-state index contributed by atoms with van der Waals surface area (Å²) in [6.07, 6.45) is 16.5. The van der Waals surface area contributed by atoms with Crippen molar-refractivity contribution in [3.63, 3.8) is 0 Å². The maximum absolute atomic E-state index is 11.6. The van der Waals surface area contributed by atoms with Gasteiger partial charge in [-0.3, -0.25) is 9.59 Å². The summed E-state index contributed by atoms with van der Waals surface area (Å²) in [5.41, 5.74) is 0.477. The first-order valence-corrected chi connectivity index (χ1v) is 16.2. The summed E-state index contributed by atoms with van der Waals surface area (Å²) in [7, 11) is 0. The van der Waals surface area contributed by atoms with Crippen molar-refractivity contribution in [1.29, 1.82) is 0 Å². The Morgan fingerprint density at radius 1 is 0.476 bits per heavy atom. The van der Waals surface area contributed by atoms with E-state index in [1.807, 2.05) is 0 Å². The molecule has 0 aliphatic carbocycles. The monoisotopic (exact) mass is 592 g/mol. The number of hydrogen-bond donors (Lipinski definition) is 0. The van der Waals surface area contributed by atoms with E-state index < -0.39 is 11.9 Å². The molecular weight excluding hydrogens is 536 g/mol. The van der Waals surface area contributed by atoms with Gasteiger partial charge in [-0.05, 0) is 51.7 Å². The van der Waals surface area contributed by atoms with Gasteiger partial charge in [-0.15, -0.1) is 0 Å². The smallest absolute Gasteiger partial charge is 0.338 e. The normalized spacial score (nSPS) is 10.3. The van der Waals surface area contributed by atoms with E-state index in [0.29, 0.717) is 38.9 Å². The van der Waals surface area contributed by atoms with Crippen LogP contribution in [0.3, 0.4) is 0 Å². The Morgan fingerprint density at radius 3 is 1.19 bits per heavy atom. The highest BCUT2D eigenvalue weighted by Gasteiger charge is 2.18. The fraction of sp³-hybridized carbons (Fsp3) is 0.706. The van der Waals surface area contributed by atoms with Gasteiger partial charge in [-0.2, -0.15) is 0 Å². The number of hydrogen-bond acceptors (Lipinski definition) is 8. The minimum Gasteiger partial charge on any atom is -0.466 e. The zero-order valence-electron chi connectivity index (χ0n) is 26.7. The van der Waals surface area contributed by atoms with E-state index in [1.165, 1.54) is 51.4 Å². The molecule has 0 fully saturated rings. The molecule has 240 valence electrons. The van der Waals surface area contributed by atoms with Crippen LogP contribution in [0.15, 0.2) is 24.3 Å². The van der Waals surface area contributed by atoms with Crippen LogP contribution in [0.5, 0.6) is 0 Å². The maximum Gasteiger partial charge on any atom is 0.338 e. The second-order valence-electron chi connectivity index (χ2n) is 10.2. The maximum atomic E-state index is 11.6. The first kappa shape index (κ1) is 39.1. The second kappa shape index (κ2) is 28.2. The van der Waals surface area contributed by atoms with Gasteiger partial charge in [0.05, 0.1) is 37.6 Å². The van der Waals surface area contributed by atoms with Gasteiger partial charge in [-0.25, -0.2) is 9.59 Å². The lowest BCUT2D eigenvalue weighted by molar-refractivity contribution is -0.146. The molecule has 0 atom stereocenters. The summed E-state index contributed by atoms with van der Waals surface area (Å²) in [5, 5.41) is 0. The van der Waals surface area contributed by atoms with Crippen molar-refractivity contribution >= 4 is 23.9 Å². The first-order chi connectivity index (χ1) is 20.4. The molecule has 0 saturated heterocycles. The molecule has 1 aromatic carbocycles. The number of rotatable bonds is 23. The standard InChI is InChI=1S/C22H42O4.C12H14O4/c1-3-5-7-9-11-15-19-25-21(23)17-13-14-18-22(24)26-20-16-12-10-8-6-4-2;1-3-15-11(13)9-7-5-6-8-10(9)12(14)16-4-2/h3-20H2,1-2H3;5-8H,3-4H2,1-2H3. The Hall–Kier alpha value is -2.90. The molecule has 0 N–H and O–H groups in total. The van der Waals surface area contributed by atoms with E-state index in [4.69, 9.17) is 18.9 Å². The molecule has 0 unspecified atom stereocenters. The van der Waals surface area contributed by atoms with Crippen molar-refractivity contribution in [3.8, 4) is 0 Å². The van der Waals surface area contributed by atoms with Crippen LogP contribution in [-0.4, -0.2) is 50.3 Å². The minimum absolute atomic E-state index is 0.140. The van der Waals surface area contributed by atoms with Crippen molar-refractivity contribution in [2.75, 3.05) is 26.4 Å². The van der Waals surface area contributed by atoms with Crippen LogP contribution in [0.1, 0.15) is 151 Å². The zero-order chi connectivity index (χ0) is 31.3. The molecule has 8 heteroatoms. The third-order valence-corrected chi connectivity index (χ3v) is 6.45. The molecule has 0 amide bonds. The van der Waals surface area contributed by atoms with Gasteiger partial charge in [0.25, 0.3) is 0 Å². The summed E-state index contributed by atoms with van der Waals surface area (Å²) in [6.45, 7) is 9.45.